The first-order chi connectivity index (χ1) is 13.8. The minimum Gasteiger partial charge on any atom is -0.478 e. The molecule has 1 saturated heterocycles. The van der Waals surface area contributed by atoms with E-state index in [1.165, 1.54) is 28.8 Å². The number of nitrogens with one attached hydrogen (secondary N) is 1. The Kier molecular flexibility index (Phi) is 6.46. The van der Waals surface area contributed by atoms with Gasteiger partial charge in [0, 0.05) is 13.0 Å². The zero-order valence-corrected chi connectivity index (χ0v) is 17.2. The number of benzene rings is 2. The van der Waals surface area contributed by atoms with Crippen LogP contribution in [-0.2, 0) is 9.59 Å². The number of aryl methyl sites for hydroxylation is 1. The number of hydrogen-bond acceptors (Lipinski definition) is 5. The Balaban J connectivity index is 1.63. The quantitative estimate of drug-likeness (QED) is 0.538. The number of para-hydroxylation sites is 1. The van der Waals surface area contributed by atoms with Crippen molar-refractivity contribution in [2.45, 2.75) is 13.3 Å². The van der Waals surface area contributed by atoms with Gasteiger partial charge in [0.2, 0.25) is 5.91 Å². The van der Waals surface area contributed by atoms with Crippen LogP contribution in [0.2, 0.25) is 0 Å². The molecule has 1 fully saturated rings. The Morgan fingerprint density at radius 1 is 1.17 bits per heavy atom. The highest BCUT2D eigenvalue weighted by Gasteiger charge is 2.32. The Hall–Kier alpha value is -2.97. The number of carbonyl (C=O) groups excluding carboxylic acids is 2. The molecular formula is C21H18N2O4S2. The van der Waals surface area contributed by atoms with Gasteiger partial charge in [-0.25, -0.2) is 4.79 Å². The number of carboxylic acid groups (broad SMARTS) is 1. The topological polar surface area (TPSA) is 86.7 Å². The van der Waals surface area contributed by atoms with E-state index in [9.17, 15) is 19.5 Å². The van der Waals surface area contributed by atoms with Gasteiger partial charge >= 0.3 is 5.97 Å². The maximum absolute atomic E-state index is 12.6. The minimum atomic E-state index is -1.13. The lowest BCUT2D eigenvalue weighted by atomic mass is 10.1. The predicted octanol–water partition coefficient (Wildman–Crippen LogP) is 3.92. The summed E-state index contributed by atoms with van der Waals surface area (Å²) >= 11 is 6.49. The second kappa shape index (κ2) is 9.02. The fourth-order valence-corrected chi connectivity index (χ4v) is 4.02. The summed E-state index contributed by atoms with van der Waals surface area (Å²) in [6.07, 6.45) is 1.78. The third kappa shape index (κ3) is 5.10. The van der Waals surface area contributed by atoms with E-state index in [0.29, 0.717) is 9.23 Å². The molecule has 0 aliphatic carbocycles. The largest absolute Gasteiger partial charge is 0.478 e. The number of nitrogens with zero attached hydrogens (tertiary/aromatic N) is 1. The van der Waals surface area contributed by atoms with E-state index in [0.717, 1.165) is 11.1 Å². The van der Waals surface area contributed by atoms with Crippen LogP contribution in [0.1, 0.15) is 27.9 Å². The number of thioether (sulfide) groups is 1. The molecule has 29 heavy (non-hydrogen) atoms. The summed E-state index contributed by atoms with van der Waals surface area (Å²) in [5.74, 6) is -1.76. The molecule has 0 spiro atoms. The number of rotatable bonds is 6. The molecule has 0 radical (unpaired) electrons. The van der Waals surface area contributed by atoms with Crippen molar-refractivity contribution in [3.63, 3.8) is 0 Å². The summed E-state index contributed by atoms with van der Waals surface area (Å²) in [4.78, 5) is 38.0. The van der Waals surface area contributed by atoms with Crippen LogP contribution in [0.15, 0.2) is 53.4 Å². The molecule has 0 bridgehead atoms. The third-order valence-electron chi connectivity index (χ3n) is 4.24. The van der Waals surface area contributed by atoms with E-state index in [1.807, 2.05) is 31.2 Å². The summed E-state index contributed by atoms with van der Waals surface area (Å²) in [6, 6.07) is 13.9. The molecule has 2 N–H and O–H groups in total. The molecule has 3 rings (SSSR count). The van der Waals surface area contributed by atoms with Gasteiger partial charge in [-0.15, -0.1) is 0 Å². The van der Waals surface area contributed by atoms with Crippen LogP contribution in [0.25, 0.3) is 6.08 Å². The monoisotopic (exact) mass is 426 g/mol. The van der Waals surface area contributed by atoms with Crippen LogP contribution in [-0.4, -0.2) is 38.7 Å². The fraction of sp³-hybridized carbons (Fsp3) is 0.143. The second-order valence-corrected chi connectivity index (χ2v) is 8.07. The van der Waals surface area contributed by atoms with E-state index in [-0.39, 0.29) is 30.1 Å². The van der Waals surface area contributed by atoms with Crippen LogP contribution in [0.4, 0.5) is 5.69 Å². The minimum absolute atomic E-state index is 0.00178. The summed E-state index contributed by atoms with van der Waals surface area (Å²) < 4.78 is 0.395. The number of carbonyl (C=O) groups is 3. The van der Waals surface area contributed by atoms with Gasteiger partial charge in [-0.3, -0.25) is 14.5 Å². The van der Waals surface area contributed by atoms with Gasteiger partial charge in [0.15, 0.2) is 0 Å². The molecule has 0 aromatic heterocycles. The van der Waals surface area contributed by atoms with Crippen molar-refractivity contribution in [3.05, 3.63) is 70.1 Å². The van der Waals surface area contributed by atoms with Crippen molar-refractivity contribution < 1.29 is 19.5 Å². The zero-order chi connectivity index (χ0) is 21.0. The Morgan fingerprint density at radius 3 is 2.55 bits per heavy atom. The lowest BCUT2D eigenvalue weighted by Crippen LogP contribution is -2.31. The van der Waals surface area contributed by atoms with Gasteiger partial charge in [0.1, 0.15) is 4.32 Å². The standard InChI is InChI=1S/C21H18N2O4S2/c1-13-6-8-14(9-7-13)12-17-19(25)23(21(28)29-17)11-10-18(24)22-16-5-3-2-4-15(16)20(26)27/h2-9,12H,10-11H2,1H3,(H,22,24)(H,26,27)/b17-12+. The molecule has 8 heteroatoms. The number of hydrogen-bond donors (Lipinski definition) is 2. The van der Waals surface area contributed by atoms with Crippen LogP contribution < -0.4 is 5.32 Å². The van der Waals surface area contributed by atoms with Crippen molar-refractivity contribution in [2.75, 3.05) is 11.9 Å². The summed E-state index contributed by atoms with van der Waals surface area (Å²) in [6.45, 7) is 2.11. The first-order valence-electron chi connectivity index (χ1n) is 8.79. The summed E-state index contributed by atoms with van der Waals surface area (Å²) in [7, 11) is 0. The second-order valence-electron chi connectivity index (χ2n) is 6.39. The van der Waals surface area contributed by atoms with Crippen molar-refractivity contribution in [3.8, 4) is 0 Å². The van der Waals surface area contributed by atoms with Crippen molar-refractivity contribution in [1.29, 1.82) is 0 Å². The molecule has 2 amide bonds. The molecule has 1 aliphatic heterocycles. The molecular weight excluding hydrogens is 408 g/mol. The van der Waals surface area contributed by atoms with Crippen LogP contribution in [0, 0.1) is 6.92 Å². The average molecular weight is 427 g/mol. The number of anilines is 1. The van der Waals surface area contributed by atoms with E-state index in [2.05, 4.69) is 5.32 Å². The van der Waals surface area contributed by atoms with Gasteiger partial charge in [-0.1, -0.05) is 65.9 Å². The van der Waals surface area contributed by atoms with Gasteiger partial charge in [0.25, 0.3) is 5.91 Å². The molecule has 0 atom stereocenters. The number of aromatic carboxylic acids is 1. The van der Waals surface area contributed by atoms with Gasteiger partial charge in [-0.05, 0) is 30.7 Å². The third-order valence-corrected chi connectivity index (χ3v) is 5.62. The van der Waals surface area contributed by atoms with Crippen molar-refractivity contribution >= 4 is 57.8 Å². The molecule has 2 aromatic rings. The van der Waals surface area contributed by atoms with Crippen molar-refractivity contribution in [1.82, 2.24) is 4.90 Å². The van der Waals surface area contributed by atoms with Crippen LogP contribution in [0.5, 0.6) is 0 Å². The molecule has 1 heterocycles. The van der Waals surface area contributed by atoms with Crippen LogP contribution in [0.3, 0.4) is 0 Å². The molecule has 2 aromatic carbocycles. The van der Waals surface area contributed by atoms with Gasteiger partial charge in [0.05, 0.1) is 16.2 Å². The predicted molar refractivity (Wildman–Crippen MR) is 118 cm³/mol. The number of carboxylic acids is 1. The zero-order valence-electron chi connectivity index (χ0n) is 15.5. The maximum atomic E-state index is 12.6. The molecule has 0 saturated carbocycles. The van der Waals surface area contributed by atoms with Gasteiger partial charge in [-0.2, -0.15) is 0 Å². The maximum Gasteiger partial charge on any atom is 0.337 e. The summed E-state index contributed by atoms with van der Waals surface area (Å²) in [5.41, 5.74) is 2.26. The normalized spacial score (nSPS) is 15.1. The highest BCUT2D eigenvalue weighted by Crippen LogP contribution is 2.32. The SMILES string of the molecule is Cc1ccc(/C=C2/SC(=S)N(CCC(=O)Nc3ccccc3C(=O)O)C2=O)cc1. The number of amides is 2. The van der Waals surface area contributed by atoms with E-state index < -0.39 is 11.9 Å². The Labute approximate surface area is 177 Å². The fourth-order valence-electron chi connectivity index (χ4n) is 2.71. The van der Waals surface area contributed by atoms with E-state index in [1.54, 1.807) is 18.2 Å². The lowest BCUT2D eigenvalue weighted by molar-refractivity contribution is -0.122. The molecule has 1 aliphatic rings. The summed E-state index contributed by atoms with van der Waals surface area (Å²) in [5, 5.41) is 11.8. The smallest absolute Gasteiger partial charge is 0.337 e. The average Bonchev–Trinajstić information content (AvgIpc) is 2.95. The van der Waals surface area contributed by atoms with Gasteiger partial charge < -0.3 is 10.4 Å². The van der Waals surface area contributed by atoms with Crippen molar-refractivity contribution in [2.24, 2.45) is 0 Å². The molecule has 0 unspecified atom stereocenters. The van der Waals surface area contributed by atoms with Crippen LogP contribution >= 0.6 is 24.0 Å². The highest BCUT2D eigenvalue weighted by atomic mass is 32.2. The Morgan fingerprint density at radius 2 is 1.86 bits per heavy atom. The first-order valence-corrected chi connectivity index (χ1v) is 10.0. The molecule has 148 valence electrons. The first kappa shape index (κ1) is 20.8. The van der Waals surface area contributed by atoms with E-state index >= 15 is 0 Å². The highest BCUT2D eigenvalue weighted by molar-refractivity contribution is 8.26. The Bertz CT molecular complexity index is 1020. The van der Waals surface area contributed by atoms with E-state index in [4.69, 9.17) is 12.2 Å². The lowest BCUT2D eigenvalue weighted by Gasteiger charge is -2.14. The molecule has 6 nitrogen and oxygen atoms in total. The number of thiocarbonyl (C=S) groups is 1.